The highest BCUT2D eigenvalue weighted by Crippen LogP contribution is 2.43. The Bertz CT molecular complexity index is 342. The Morgan fingerprint density at radius 2 is 2.36 bits per heavy atom. The average molecular weight is 258 g/mol. The summed E-state index contributed by atoms with van der Waals surface area (Å²) in [6, 6.07) is 1.61. The molecule has 14 heavy (non-hydrogen) atoms. The lowest BCUT2D eigenvalue weighted by Gasteiger charge is -2.23. The molecule has 0 saturated heterocycles. The molecular formula is C11H13BrFN. The predicted molar refractivity (Wildman–Crippen MR) is 58.1 cm³/mol. The van der Waals surface area contributed by atoms with Crippen LogP contribution in [-0.4, -0.2) is 9.81 Å². The fourth-order valence-corrected chi connectivity index (χ4v) is 3.12. The number of aromatic nitrogens is 1. The van der Waals surface area contributed by atoms with Crippen molar-refractivity contribution < 1.29 is 4.39 Å². The minimum atomic E-state index is -0.234. The molecule has 2 rings (SSSR count). The monoisotopic (exact) mass is 257 g/mol. The smallest absolute Gasteiger partial charge is 0.141 e. The van der Waals surface area contributed by atoms with Crippen molar-refractivity contribution in [3.05, 3.63) is 29.8 Å². The number of alkyl halides is 1. The Hall–Kier alpha value is -0.440. The molecule has 0 N–H and O–H groups in total. The second-order valence-corrected chi connectivity index (χ2v) is 5.59. The molecule has 1 heterocycles. The van der Waals surface area contributed by atoms with Gasteiger partial charge in [0, 0.05) is 11.0 Å². The van der Waals surface area contributed by atoms with Gasteiger partial charge in [0.1, 0.15) is 5.82 Å². The zero-order valence-corrected chi connectivity index (χ0v) is 9.72. The summed E-state index contributed by atoms with van der Waals surface area (Å²) >= 11 is 3.62. The van der Waals surface area contributed by atoms with Gasteiger partial charge in [-0.3, -0.25) is 4.98 Å². The molecule has 1 nitrogen and oxygen atoms in total. The highest BCUT2D eigenvalue weighted by molar-refractivity contribution is 9.09. The molecule has 2 atom stereocenters. The molecule has 0 bridgehead atoms. The first kappa shape index (κ1) is 10.1. The molecule has 1 aromatic rings. The summed E-state index contributed by atoms with van der Waals surface area (Å²) in [5.41, 5.74) is 1.13. The standard InChI is InChI=1S/C11H13BrFN/c1-11(3-2-9(12)5-11)8-4-10(13)7-14-6-8/h4,6-7,9H,2-3,5H2,1H3. The van der Waals surface area contributed by atoms with E-state index in [2.05, 4.69) is 27.8 Å². The van der Waals surface area contributed by atoms with Crippen LogP contribution in [0.3, 0.4) is 0 Å². The second-order valence-electron chi connectivity index (χ2n) is 4.29. The summed E-state index contributed by atoms with van der Waals surface area (Å²) in [7, 11) is 0. The second kappa shape index (κ2) is 3.61. The molecule has 2 unspecified atom stereocenters. The molecule has 0 aliphatic heterocycles. The van der Waals surface area contributed by atoms with Gasteiger partial charge < -0.3 is 0 Å². The first-order valence-electron chi connectivity index (χ1n) is 4.85. The van der Waals surface area contributed by atoms with Gasteiger partial charge in [0.05, 0.1) is 6.20 Å². The molecule has 1 aromatic heterocycles. The van der Waals surface area contributed by atoms with Gasteiger partial charge in [-0.25, -0.2) is 4.39 Å². The zero-order chi connectivity index (χ0) is 10.2. The van der Waals surface area contributed by atoms with Gasteiger partial charge in [-0.05, 0) is 36.3 Å². The third kappa shape index (κ3) is 1.83. The molecule has 0 aromatic carbocycles. The van der Waals surface area contributed by atoms with Crippen molar-refractivity contribution in [1.82, 2.24) is 4.98 Å². The molecule has 1 fully saturated rings. The molecule has 0 spiro atoms. The van der Waals surface area contributed by atoms with Gasteiger partial charge in [-0.15, -0.1) is 0 Å². The molecule has 3 heteroatoms. The number of hydrogen-bond acceptors (Lipinski definition) is 1. The summed E-state index contributed by atoms with van der Waals surface area (Å²) in [5.74, 6) is -0.234. The Morgan fingerprint density at radius 3 is 2.93 bits per heavy atom. The topological polar surface area (TPSA) is 12.9 Å². The van der Waals surface area contributed by atoms with E-state index in [0.717, 1.165) is 24.8 Å². The Balaban J connectivity index is 2.30. The number of nitrogens with zero attached hydrogens (tertiary/aromatic N) is 1. The number of rotatable bonds is 1. The van der Waals surface area contributed by atoms with Crippen molar-refractivity contribution in [1.29, 1.82) is 0 Å². The first-order chi connectivity index (χ1) is 6.60. The maximum absolute atomic E-state index is 13.0. The van der Waals surface area contributed by atoms with Crippen molar-refractivity contribution in [2.75, 3.05) is 0 Å². The van der Waals surface area contributed by atoms with Gasteiger partial charge in [-0.2, -0.15) is 0 Å². The lowest BCUT2D eigenvalue weighted by atomic mass is 9.82. The summed E-state index contributed by atoms with van der Waals surface area (Å²) in [4.78, 5) is 4.47. The van der Waals surface area contributed by atoms with Crippen LogP contribution in [0.1, 0.15) is 31.7 Å². The highest BCUT2D eigenvalue weighted by Gasteiger charge is 2.35. The number of pyridine rings is 1. The molecule has 76 valence electrons. The largest absolute Gasteiger partial charge is 0.261 e. The summed E-state index contributed by atoms with van der Waals surface area (Å²) in [5, 5.41) is 0. The van der Waals surface area contributed by atoms with Crippen LogP contribution in [-0.2, 0) is 5.41 Å². The highest BCUT2D eigenvalue weighted by atomic mass is 79.9. The van der Waals surface area contributed by atoms with Gasteiger partial charge in [0.25, 0.3) is 0 Å². The molecule has 1 saturated carbocycles. The van der Waals surface area contributed by atoms with E-state index < -0.39 is 0 Å². The van der Waals surface area contributed by atoms with Gasteiger partial charge in [0.15, 0.2) is 0 Å². The van der Waals surface area contributed by atoms with Gasteiger partial charge >= 0.3 is 0 Å². The summed E-state index contributed by atoms with van der Waals surface area (Å²) in [6.07, 6.45) is 6.38. The number of hydrogen-bond donors (Lipinski definition) is 0. The molecule has 1 aliphatic rings. The van der Waals surface area contributed by atoms with Crippen LogP contribution in [0.15, 0.2) is 18.5 Å². The van der Waals surface area contributed by atoms with E-state index in [1.807, 2.05) is 0 Å². The third-order valence-electron chi connectivity index (χ3n) is 3.08. The Morgan fingerprint density at radius 1 is 1.57 bits per heavy atom. The van der Waals surface area contributed by atoms with Crippen molar-refractivity contribution >= 4 is 15.9 Å². The van der Waals surface area contributed by atoms with Gasteiger partial charge in [-0.1, -0.05) is 22.9 Å². The van der Waals surface area contributed by atoms with Crippen molar-refractivity contribution in [3.8, 4) is 0 Å². The molecular weight excluding hydrogens is 245 g/mol. The predicted octanol–water partition coefficient (Wildman–Crippen LogP) is 3.43. The lowest BCUT2D eigenvalue weighted by molar-refractivity contribution is 0.485. The quantitative estimate of drug-likeness (QED) is 0.703. The SMILES string of the molecule is CC1(c2cncc(F)c2)CCC(Br)C1. The third-order valence-corrected chi connectivity index (χ3v) is 3.86. The fraction of sp³-hybridized carbons (Fsp3) is 0.545. The minimum Gasteiger partial charge on any atom is -0.261 e. The van der Waals surface area contributed by atoms with E-state index in [4.69, 9.17) is 0 Å². The fourth-order valence-electron chi connectivity index (χ4n) is 2.17. The van der Waals surface area contributed by atoms with Crippen molar-refractivity contribution in [2.24, 2.45) is 0 Å². The van der Waals surface area contributed by atoms with E-state index in [9.17, 15) is 4.39 Å². The van der Waals surface area contributed by atoms with Crippen LogP contribution in [0.4, 0.5) is 4.39 Å². The maximum Gasteiger partial charge on any atom is 0.141 e. The van der Waals surface area contributed by atoms with Crippen LogP contribution < -0.4 is 0 Å². The van der Waals surface area contributed by atoms with Crippen LogP contribution in [0.25, 0.3) is 0 Å². The normalized spacial score (nSPS) is 32.1. The minimum absolute atomic E-state index is 0.100. The summed E-state index contributed by atoms with van der Waals surface area (Å²) < 4.78 is 13.0. The summed E-state index contributed by atoms with van der Waals surface area (Å²) in [6.45, 7) is 2.19. The maximum atomic E-state index is 13.0. The van der Waals surface area contributed by atoms with E-state index >= 15 is 0 Å². The average Bonchev–Trinajstić information content (AvgIpc) is 2.48. The lowest BCUT2D eigenvalue weighted by Crippen LogP contribution is -2.18. The Labute approximate surface area is 91.9 Å². The Kier molecular flexibility index (Phi) is 2.60. The van der Waals surface area contributed by atoms with E-state index in [0.29, 0.717) is 4.83 Å². The molecule has 0 radical (unpaired) electrons. The van der Waals surface area contributed by atoms with Crippen LogP contribution in [0.2, 0.25) is 0 Å². The van der Waals surface area contributed by atoms with Crippen LogP contribution in [0, 0.1) is 5.82 Å². The first-order valence-corrected chi connectivity index (χ1v) is 5.77. The molecule has 0 amide bonds. The van der Waals surface area contributed by atoms with Crippen molar-refractivity contribution in [2.45, 2.75) is 36.4 Å². The van der Waals surface area contributed by atoms with Crippen LogP contribution in [0.5, 0.6) is 0 Å². The van der Waals surface area contributed by atoms with Crippen LogP contribution >= 0.6 is 15.9 Å². The van der Waals surface area contributed by atoms with Crippen molar-refractivity contribution in [3.63, 3.8) is 0 Å². The molecule has 1 aliphatic carbocycles. The number of halogens is 2. The zero-order valence-electron chi connectivity index (χ0n) is 8.13. The van der Waals surface area contributed by atoms with E-state index in [1.165, 1.54) is 6.20 Å². The van der Waals surface area contributed by atoms with Gasteiger partial charge in [0.2, 0.25) is 0 Å². The van der Waals surface area contributed by atoms with E-state index in [1.54, 1.807) is 12.3 Å². The van der Waals surface area contributed by atoms with E-state index in [-0.39, 0.29) is 11.2 Å².